The average Bonchev–Trinajstić information content (AvgIpc) is 3.89. The van der Waals surface area contributed by atoms with Crippen molar-refractivity contribution in [2.45, 2.75) is 0 Å². The fourth-order valence-corrected chi connectivity index (χ4v) is 6.62. The van der Waals surface area contributed by atoms with Crippen LogP contribution in [0.15, 0.2) is 168 Å². The summed E-state index contributed by atoms with van der Waals surface area (Å²) in [5.41, 5.74) is 5.87. The van der Waals surface area contributed by atoms with Gasteiger partial charge in [0.05, 0.1) is 16.6 Å². The summed E-state index contributed by atoms with van der Waals surface area (Å²) in [5.74, 6) is 3.30. The molecule has 0 fully saturated rings. The highest BCUT2D eigenvalue weighted by molar-refractivity contribution is 6.13. The largest absolute Gasteiger partial charge is 0.413 e. The number of hydrogen-bond donors (Lipinski definition) is 0. The fraction of sp³-hybridized carbons (Fsp3) is 0. The van der Waals surface area contributed by atoms with Crippen molar-refractivity contribution in [3.63, 3.8) is 0 Å². The molecule has 4 aromatic heterocycles. The maximum Gasteiger partial charge on any atom is 0.286 e. The maximum absolute atomic E-state index is 6.48. The third kappa shape index (κ3) is 5.55. The highest BCUT2D eigenvalue weighted by atomic mass is 16.4. The zero-order valence-corrected chi connectivity index (χ0v) is 28.5. The Morgan fingerprint density at radius 2 is 0.778 bits per heavy atom. The number of para-hydroxylation sites is 2. The molecule has 0 spiro atoms. The van der Waals surface area contributed by atoms with Gasteiger partial charge in [0.2, 0.25) is 17.7 Å². The van der Waals surface area contributed by atoms with E-state index < -0.39 is 0 Å². The Labute approximate surface area is 308 Å². The predicted octanol–water partition coefficient (Wildman–Crippen LogP) is 9.54. The molecule has 10 aromatic rings. The maximum atomic E-state index is 6.48. The van der Waals surface area contributed by atoms with Crippen molar-refractivity contribution in [3.05, 3.63) is 164 Å². The van der Waals surface area contributed by atoms with Crippen LogP contribution >= 0.6 is 0 Å². The third-order valence-corrected chi connectivity index (χ3v) is 9.13. The monoisotopic (exact) mass is 697 g/mol. The van der Waals surface area contributed by atoms with E-state index in [0.29, 0.717) is 40.7 Å². The first kappa shape index (κ1) is 31.1. The lowest BCUT2D eigenvalue weighted by Crippen LogP contribution is -2.07. The van der Waals surface area contributed by atoms with Gasteiger partial charge in [0, 0.05) is 33.0 Å². The molecule has 0 aliphatic rings. The van der Waals surface area contributed by atoms with Gasteiger partial charge in [-0.2, -0.15) is 9.97 Å². The van der Waals surface area contributed by atoms with Crippen molar-refractivity contribution >= 4 is 21.8 Å². The molecular weight excluding hydrogens is 671 g/mol. The third-order valence-electron chi connectivity index (χ3n) is 9.13. The van der Waals surface area contributed by atoms with Gasteiger partial charge in [-0.25, -0.2) is 19.9 Å². The summed E-state index contributed by atoms with van der Waals surface area (Å²) in [7, 11) is 0. The SMILES string of the molecule is c1ccc(-c2nc(-c3ccccc3)nc(-c3nnc(-c4cccc5c6ccccc6n(-c6nc(-c7ccccc7)nc(-c7ccccc7)n6)c45)o3)n2)cc1. The number of nitrogens with zero attached hydrogens (tertiary/aromatic N) is 9. The van der Waals surface area contributed by atoms with Gasteiger partial charge in [-0.1, -0.05) is 152 Å². The molecule has 0 bridgehead atoms. The van der Waals surface area contributed by atoms with E-state index in [0.717, 1.165) is 44.1 Å². The lowest BCUT2D eigenvalue weighted by molar-refractivity contribution is 0.579. The Morgan fingerprint density at radius 3 is 1.31 bits per heavy atom. The summed E-state index contributed by atoms with van der Waals surface area (Å²) in [6, 6.07) is 53.6. The molecule has 0 N–H and O–H groups in total. The second kappa shape index (κ2) is 13.1. The fourth-order valence-electron chi connectivity index (χ4n) is 6.62. The van der Waals surface area contributed by atoms with Crippen LogP contribution in [0.1, 0.15) is 0 Å². The van der Waals surface area contributed by atoms with E-state index in [1.54, 1.807) is 0 Å². The summed E-state index contributed by atoms with van der Waals surface area (Å²) in [4.78, 5) is 29.5. The molecule has 0 saturated carbocycles. The lowest BCUT2D eigenvalue weighted by Gasteiger charge is -2.11. The predicted molar refractivity (Wildman–Crippen MR) is 208 cm³/mol. The molecule has 0 amide bonds. The van der Waals surface area contributed by atoms with Crippen molar-refractivity contribution in [1.82, 2.24) is 44.7 Å². The minimum atomic E-state index is 0.166. The van der Waals surface area contributed by atoms with Crippen LogP contribution in [0, 0.1) is 0 Å². The Hall–Kier alpha value is -7.72. The molecule has 0 radical (unpaired) electrons. The van der Waals surface area contributed by atoms with Crippen molar-refractivity contribution in [2.75, 3.05) is 0 Å². The number of fused-ring (bicyclic) bond motifs is 3. The van der Waals surface area contributed by atoms with Gasteiger partial charge in [0.15, 0.2) is 23.3 Å². The van der Waals surface area contributed by atoms with E-state index in [9.17, 15) is 0 Å². The zero-order valence-electron chi connectivity index (χ0n) is 28.5. The molecule has 54 heavy (non-hydrogen) atoms. The lowest BCUT2D eigenvalue weighted by atomic mass is 10.1. The van der Waals surface area contributed by atoms with Gasteiger partial charge in [-0.15, -0.1) is 10.2 Å². The quantitative estimate of drug-likeness (QED) is 0.160. The second-order valence-corrected chi connectivity index (χ2v) is 12.5. The van der Waals surface area contributed by atoms with Crippen LogP contribution in [-0.2, 0) is 0 Å². The number of rotatable bonds is 7. The molecule has 10 heteroatoms. The van der Waals surface area contributed by atoms with Crippen LogP contribution in [0.3, 0.4) is 0 Å². The van der Waals surface area contributed by atoms with Gasteiger partial charge < -0.3 is 4.42 Å². The Kier molecular flexibility index (Phi) is 7.54. The van der Waals surface area contributed by atoms with E-state index >= 15 is 0 Å². The molecule has 0 unspecified atom stereocenters. The standard InChI is InChI=1S/C44H27N9O/c1-5-16-28(17-6-1)37-45-38(29-18-7-2-8-19-29)48-41(47-37)43-52-51-42(54-43)34-26-15-25-33-32-24-13-14-27-35(32)53(36(33)34)44-49-39(30-20-9-3-10-21-30)46-40(50-44)31-22-11-4-12-23-31/h1-27H. The molecule has 10 rings (SSSR count). The summed E-state index contributed by atoms with van der Waals surface area (Å²) < 4.78 is 8.53. The Balaban J connectivity index is 1.18. The second-order valence-electron chi connectivity index (χ2n) is 12.5. The number of hydrogen-bond acceptors (Lipinski definition) is 9. The van der Waals surface area contributed by atoms with E-state index in [1.165, 1.54) is 0 Å². The Bertz CT molecular complexity index is 2810. The van der Waals surface area contributed by atoms with Crippen molar-refractivity contribution in [1.29, 1.82) is 0 Å². The first-order valence-corrected chi connectivity index (χ1v) is 17.4. The number of benzene rings is 6. The summed E-state index contributed by atoms with van der Waals surface area (Å²) in [5, 5.41) is 11.1. The molecule has 0 atom stereocenters. The van der Waals surface area contributed by atoms with Crippen LogP contribution in [0.5, 0.6) is 0 Å². The summed E-state index contributed by atoms with van der Waals surface area (Å²) in [6.07, 6.45) is 0. The van der Waals surface area contributed by atoms with Gasteiger partial charge in [-0.3, -0.25) is 4.57 Å². The molecule has 0 aliphatic carbocycles. The van der Waals surface area contributed by atoms with Gasteiger partial charge in [0.25, 0.3) is 5.89 Å². The van der Waals surface area contributed by atoms with Crippen LogP contribution in [-0.4, -0.2) is 44.7 Å². The highest BCUT2D eigenvalue weighted by Crippen LogP contribution is 2.38. The van der Waals surface area contributed by atoms with Crippen molar-refractivity contribution in [3.8, 4) is 74.7 Å². The van der Waals surface area contributed by atoms with Gasteiger partial charge >= 0.3 is 0 Å². The van der Waals surface area contributed by atoms with Crippen molar-refractivity contribution in [2.24, 2.45) is 0 Å². The van der Waals surface area contributed by atoms with Crippen molar-refractivity contribution < 1.29 is 4.42 Å². The first-order chi connectivity index (χ1) is 26.8. The average molecular weight is 698 g/mol. The molecule has 254 valence electrons. The molecule has 0 aliphatic heterocycles. The van der Waals surface area contributed by atoms with E-state index in [1.807, 2.05) is 150 Å². The first-order valence-electron chi connectivity index (χ1n) is 17.4. The van der Waals surface area contributed by atoms with E-state index in [4.69, 9.17) is 34.3 Å². The minimum Gasteiger partial charge on any atom is -0.413 e. The molecule has 6 aromatic carbocycles. The molecule has 0 saturated heterocycles. The van der Waals surface area contributed by atoms with Crippen LogP contribution in [0.2, 0.25) is 0 Å². The van der Waals surface area contributed by atoms with Gasteiger partial charge in [-0.05, 0) is 12.1 Å². The van der Waals surface area contributed by atoms with Crippen LogP contribution in [0.4, 0.5) is 0 Å². The molecule has 4 heterocycles. The number of aromatic nitrogens is 9. The van der Waals surface area contributed by atoms with Crippen LogP contribution in [0.25, 0.3) is 96.5 Å². The van der Waals surface area contributed by atoms with Crippen LogP contribution < -0.4 is 0 Å². The zero-order chi connectivity index (χ0) is 35.8. The van der Waals surface area contributed by atoms with E-state index in [2.05, 4.69) is 28.4 Å². The molecule has 10 nitrogen and oxygen atoms in total. The Morgan fingerprint density at radius 1 is 0.352 bits per heavy atom. The van der Waals surface area contributed by atoms with Gasteiger partial charge in [0.1, 0.15) is 0 Å². The minimum absolute atomic E-state index is 0.166. The molecular formula is C44H27N9O. The summed E-state index contributed by atoms with van der Waals surface area (Å²) in [6.45, 7) is 0. The highest BCUT2D eigenvalue weighted by Gasteiger charge is 2.24. The normalized spacial score (nSPS) is 11.3. The van der Waals surface area contributed by atoms with E-state index in [-0.39, 0.29) is 11.7 Å². The smallest absolute Gasteiger partial charge is 0.286 e. The summed E-state index contributed by atoms with van der Waals surface area (Å²) >= 11 is 0. The topological polar surface area (TPSA) is 121 Å².